The molecule has 0 aliphatic heterocycles. The van der Waals surface area contributed by atoms with Gasteiger partial charge in [0.25, 0.3) is 0 Å². The Kier molecular flexibility index (Phi) is 3.87. The number of rotatable bonds is 3. The van der Waals surface area contributed by atoms with Crippen LogP contribution in [-0.2, 0) is 6.54 Å². The fourth-order valence-electron chi connectivity index (χ4n) is 1.63. The van der Waals surface area contributed by atoms with E-state index >= 15 is 0 Å². The fourth-order valence-corrected chi connectivity index (χ4v) is 1.63. The molecule has 0 aliphatic carbocycles. The second-order valence-electron chi connectivity index (χ2n) is 4.17. The number of carbonyl (C=O) groups is 1. The molecule has 0 aromatic heterocycles. The highest BCUT2D eigenvalue weighted by Gasteiger charge is 2.01. The van der Waals surface area contributed by atoms with Gasteiger partial charge in [-0.3, -0.25) is 0 Å². The zero-order chi connectivity index (χ0) is 13.7. The van der Waals surface area contributed by atoms with Crippen LogP contribution >= 0.6 is 0 Å². The van der Waals surface area contributed by atoms with E-state index in [1.165, 1.54) is 0 Å². The molecule has 0 bridgehead atoms. The molecule has 2 amide bonds. The molecule has 2 rings (SSSR count). The van der Waals surface area contributed by atoms with Crippen LogP contribution in [0.5, 0.6) is 0 Å². The van der Waals surface area contributed by atoms with E-state index in [1.54, 1.807) is 30.3 Å². The Morgan fingerprint density at radius 2 is 1.74 bits per heavy atom. The summed E-state index contributed by atoms with van der Waals surface area (Å²) in [5, 5.41) is 5.47. The van der Waals surface area contributed by atoms with Gasteiger partial charge in [-0.2, -0.15) is 0 Å². The van der Waals surface area contributed by atoms with Gasteiger partial charge in [-0.25, -0.2) is 4.79 Å². The molecule has 0 fully saturated rings. The summed E-state index contributed by atoms with van der Waals surface area (Å²) in [6.45, 7) is 0.422. The SMILES string of the molecule is Nc1ccc(NC(=O)NCc2cccc(N)c2)cc1. The Balaban J connectivity index is 1.86. The Hall–Kier alpha value is -2.69. The van der Waals surface area contributed by atoms with Crippen molar-refractivity contribution in [2.24, 2.45) is 0 Å². The van der Waals surface area contributed by atoms with Crippen LogP contribution in [0.3, 0.4) is 0 Å². The van der Waals surface area contributed by atoms with Crippen molar-refractivity contribution in [1.82, 2.24) is 5.32 Å². The monoisotopic (exact) mass is 256 g/mol. The van der Waals surface area contributed by atoms with E-state index in [1.807, 2.05) is 18.2 Å². The average molecular weight is 256 g/mol. The molecule has 2 aromatic rings. The van der Waals surface area contributed by atoms with E-state index in [2.05, 4.69) is 10.6 Å². The highest BCUT2D eigenvalue weighted by molar-refractivity contribution is 5.89. The van der Waals surface area contributed by atoms with Gasteiger partial charge in [-0.15, -0.1) is 0 Å². The maximum atomic E-state index is 11.7. The van der Waals surface area contributed by atoms with Gasteiger partial charge >= 0.3 is 6.03 Å². The normalized spacial score (nSPS) is 9.89. The highest BCUT2D eigenvalue weighted by Crippen LogP contribution is 2.10. The van der Waals surface area contributed by atoms with E-state index in [0.717, 1.165) is 5.56 Å². The lowest BCUT2D eigenvalue weighted by atomic mass is 10.2. The first kappa shape index (κ1) is 12.8. The van der Waals surface area contributed by atoms with Gasteiger partial charge in [0.05, 0.1) is 0 Å². The Labute approximate surface area is 111 Å². The van der Waals surface area contributed by atoms with Gasteiger partial charge in [0, 0.05) is 23.6 Å². The molecule has 0 aliphatic rings. The first-order chi connectivity index (χ1) is 9.13. The lowest BCUT2D eigenvalue weighted by Crippen LogP contribution is -2.28. The van der Waals surface area contributed by atoms with Crippen LogP contribution in [0.1, 0.15) is 5.56 Å². The first-order valence-electron chi connectivity index (χ1n) is 5.88. The molecule has 5 heteroatoms. The lowest BCUT2D eigenvalue weighted by molar-refractivity contribution is 0.251. The van der Waals surface area contributed by atoms with Crippen molar-refractivity contribution in [3.8, 4) is 0 Å². The summed E-state index contributed by atoms with van der Waals surface area (Å²) in [7, 11) is 0. The third-order valence-corrected chi connectivity index (χ3v) is 2.57. The molecule has 0 atom stereocenters. The van der Waals surface area contributed by atoms with Crippen molar-refractivity contribution >= 4 is 23.1 Å². The third-order valence-electron chi connectivity index (χ3n) is 2.57. The van der Waals surface area contributed by atoms with Gasteiger partial charge in [-0.05, 0) is 42.0 Å². The largest absolute Gasteiger partial charge is 0.399 e. The highest BCUT2D eigenvalue weighted by atomic mass is 16.2. The van der Waals surface area contributed by atoms with Crippen molar-refractivity contribution in [2.45, 2.75) is 6.54 Å². The van der Waals surface area contributed by atoms with Crippen LogP contribution in [0.15, 0.2) is 48.5 Å². The van der Waals surface area contributed by atoms with Crippen molar-refractivity contribution in [1.29, 1.82) is 0 Å². The van der Waals surface area contributed by atoms with E-state index in [-0.39, 0.29) is 6.03 Å². The average Bonchev–Trinajstić information content (AvgIpc) is 2.39. The Morgan fingerprint density at radius 3 is 2.42 bits per heavy atom. The number of nitrogen functional groups attached to an aromatic ring is 2. The number of anilines is 3. The minimum Gasteiger partial charge on any atom is -0.399 e. The molecule has 2 aromatic carbocycles. The summed E-state index contributed by atoms with van der Waals surface area (Å²) in [5.41, 5.74) is 14.2. The first-order valence-corrected chi connectivity index (χ1v) is 5.88. The lowest BCUT2D eigenvalue weighted by Gasteiger charge is -2.08. The minimum atomic E-state index is -0.271. The minimum absolute atomic E-state index is 0.271. The number of hydrogen-bond donors (Lipinski definition) is 4. The van der Waals surface area contributed by atoms with Crippen LogP contribution in [0.2, 0.25) is 0 Å². The van der Waals surface area contributed by atoms with Gasteiger partial charge in [0.2, 0.25) is 0 Å². The Morgan fingerprint density at radius 1 is 1.00 bits per heavy atom. The van der Waals surface area contributed by atoms with Gasteiger partial charge in [-0.1, -0.05) is 12.1 Å². The van der Waals surface area contributed by atoms with Crippen molar-refractivity contribution < 1.29 is 4.79 Å². The van der Waals surface area contributed by atoms with Crippen LogP contribution < -0.4 is 22.1 Å². The zero-order valence-corrected chi connectivity index (χ0v) is 10.4. The molecule has 98 valence electrons. The molecular formula is C14H16N4O. The number of hydrogen-bond acceptors (Lipinski definition) is 3. The summed E-state index contributed by atoms with van der Waals surface area (Å²) >= 11 is 0. The second kappa shape index (κ2) is 5.77. The Bertz CT molecular complexity index is 566. The number of amides is 2. The van der Waals surface area contributed by atoms with Gasteiger partial charge in [0.15, 0.2) is 0 Å². The van der Waals surface area contributed by atoms with Crippen molar-refractivity contribution in [2.75, 3.05) is 16.8 Å². The molecule has 0 radical (unpaired) electrons. The van der Waals surface area contributed by atoms with Crippen LogP contribution in [0.4, 0.5) is 21.9 Å². The summed E-state index contributed by atoms with van der Waals surface area (Å²) < 4.78 is 0. The quantitative estimate of drug-likeness (QED) is 0.634. The smallest absolute Gasteiger partial charge is 0.319 e. The maximum Gasteiger partial charge on any atom is 0.319 e. The van der Waals surface area contributed by atoms with Crippen molar-refractivity contribution in [3.63, 3.8) is 0 Å². The molecule has 6 N–H and O–H groups in total. The van der Waals surface area contributed by atoms with E-state index in [4.69, 9.17) is 11.5 Å². The molecule has 0 unspecified atom stereocenters. The van der Waals surface area contributed by atoms with Crippen LogP contribution in [0, 0.1) is 0 Å². The molecule has 5 nitrogen and oxygen atoms in total. The third kappa shape index (κ3) is 3.92. The summed E-state index contributed by atoms with van der Waals surface area (Å²) in [4.78, 5) is 11.7. The number of carbonyl (C=O) groups excluding carboxylic acids is 1. The number of benzene rings is 2. The van der Waals surface area contributed by atoms with E-state index in [9.17, 15) is 4.79 Å². The standard InChI is InChI=1S/C14H16N4O/c15-11-4-6-13(7-5-11)18-14(19)17-9-10-2-1-3-12(16)8-10/h1-8H,9,15-16H2,(H2,17,18,19). The van der Waals surface area contributed by atoms with Gasteiger partial charge < -0.3 is 22.1 Å². The van der Waals surface area contributed by atoms with Crippen LogP contribution in [-0.4, -0.2) is 6.03 Å². The van der Waals surface area contributed by atoms with Crippen molar-refractivity contribution in [3.05, 3.63) is 54.1 Å². The molecule has 0 saturated carbocycles. The molecule has 0 saturated heterocycles. The summed E-state index contributed by atoms with van der Waals surface area (Å²) in [5.74, 6) is 0. The topological polar surface area (TPSA) is 93.2 Å². The fraction of sp³-hybridized carbons (Fsp3) is 0.0714. The second-order valence-corrected chi connectivity index (χ2v) is 4.17. The molecular weight excluding hydrogens is 240 g/mol. The summed E-state index contributed by atoms with van der Waals surface area (Å²) in [6, 6.07) is 14.1. The van der Waals surface area contributed by atoms with Crippen LogP contribution in [0.25, 0.3) is 0 Å². The van der Waals surface area contributed by atoms with Gasteiger partial charge in [0.1, 0.15) is 0 Å². The predicted octanol–water partition coefficient (Wildman–Crippen LogP) is 2.17. The zero-order valence-electron chi connectivity index (χ0n) is 10.4. The molecule has 0 spiro atoms. The molecule has 19 heavy (non-hydrogen) atoms. The number of nitrogens with one attached hydrogen (secondary N) is 2. The molecule has 0 heterocycles. The number of urea groups is 1. The predicted molar refractivity (Wildman–Crippen MR) is 77.6 cm³/mol. The van der Waals surface area contributed by atoms with E-state index in [0.29, 0.717) is 23.6 Å². The van der Waals surface area contributed by atoms with E-state index < -0.39 is 0 Å². The summed E-state index contributed by atoms with van der Waals surface area (Å²) in [6.07, 6.45) is 0. The number of nitrogens with two attached hydrogens (primary N) is 2. The maximum absolute atomic E-state index is 11.7.